The highest BCUT2D eigenvalue weighted by atomic mass is 32.2. The normalized spacial score (nSPS) is 17.2. The van der Waals surface area contributed by atoms with Gasteiger partial charge < -0.3 is 14.8 Å². The first kappa shape index (κ1) is 23.9. The topological polar surface area (TPSA) is 102 Å². The molecule has 0 radical (unpaired) electrons. The van der Waals surface area contributed by atoms with E-state index in [9.17, 15) is 31.2 Å². The average Bonchev–Trinajstić information content (AvgIpc) is 2.68. The lowest BCUT2D eigenvalue weighted by Crippen LogP contribution is -2.42. The van der Waals surface area contributed by atoms with Crippen LogP contribution in [0.2, 0.25) is 0 Å². The Balaban J connectivity index is 1.83. The van der Waals surface area contributed by atoms with E-state index in [1.54, 1.807) is 6.92 Å². The van der Waals surface area contributed by atoms with E-state index in [1.165, 1.54) is 23.4 Å². The summed E-state index contributed by atoms with van der Waals surface area (Å²) in [6.45, 7) is 3.34. The number of halogens is 3. The highest BCUT2D eigenvalue weighted by molar-refractivity contribution is 7.89. The number of amides is 1. The van der Waals surface area contributed by atoms with E-state index in [1.807, 2.05) is 0 Å². The smallest absolute Gasteiger partial charge is 0.452 e. The Morgan fingerprint density at radius 1 is 1.20 bits per heavy atom. The zero-order valence-corrected chi connectivity index (χ0v) is 17.3. The Labute approximate surface area is 172 Å². The molecule has 1 saturated heterocycles. The van der Waals surface area contributed by atoms with Crippen LogP contribution in [0.4, 0.5) is 18.9 Å². The van der Waals surface area contributed by atoms with Crippen LogP contribution >= 0.6 is 0 Å². The van der Waals surface area contributed by atoms with E-state index in [4.69, 9.17) is 4.74 Å². The summed E-state index contributed by atoms with van der Waals surface area (Å²) in [7, 11) is -3.31. The van der Waals surface area contributed by atoms with Crippen LogP contribution in [0.1, 0.15) is 26.7 Å². The number of ether oxygens (including phenoxy) is 2. The molecule has 168 valence electrons. The van der Waals surface area contributed by atoms with Crippen LogP contribution in [-0.4, -0.2) is 55.9 Å². The lowest BCUT2D eigenvalue weighted by atomic mass is 9.98. The summed E-state index contributed by atoms with van der Waals surface area (Å²) < 4.78 is 70.4. The third kappa shape index (κ3) is 6.87. The molecule has 0 aromatic heterocycles. The Bertz CT molecular complexity index is 850. The van der Waals surface area contributed by atoms with Gasteiger partial charge in [-0.15, -0.1) is 13.2 Å². The number of hydrogen-bond acceptors (Lipinski definition) is 6. The van der Waals surface area contributed by atoms with Crippen molar-refractivity contribution in [2.24, 2.45) is 5.92 Å². The number of carbonyl (C=O) groups excluding carboxylic acids is 2. The predicted molar refractivity (Wildman–Crippen MR) is 101 cm³/mol. The fourth-order valence-electron chi connectivity index (χ4n) is 2.86. The number of piperidine rings is 1. The van der Waals surface area contributed by atoms with Crippen molar-refractivity contribution in [2.45, 2.75) is 39.2 Å². The molecule has 1 unspecified atom stereocenters. The van der Waals surface area contributed by atoms with Crippen molar-refractivity contribution in [3.05, 3.63) is 24.3 Å². The molecule has 1 aromatic rings. The average molecular weight is 452 g/mol. The summed E-state index contributed by atoms with van der Waals surface area (Å²) in [6.07, 6.45) is -5.36. The van der Waals surface area contributed by atoms with Crippen molar-refractivity contribution in [3.63, 3.8) is 0 Å². The van der Waals surface area contributed by atoms with E-state index in [-0.39, 0.29) is 24.5 Å². The molecule has 1 aromatic carbocycles. The molecule has 0 spiro atoms. The number of anilines is 1. The number of benzene rings is 1. The third-order valence-corrected chi connectivity index (χ3v) is 6.44. The van der Waals surface area contributed by atoms with Crippen molar-refractivity contribution in [1.29, 1.82) is 0 Å². The summed E-state index contributed by atoms with van der Waals surface area (Å²) in [5.74, 6) is -2.21. The minimum Gasteiger partial charge on any atom is -0.452 e. The Morgan fingerprint density at radius 2 is 1.77 bits per heavy atom. The van der Waals surface area contributed by atoms with E-state index < -0.39 is 46.0 Å². The minimum absolute atomic E-state index is 0.0113. The van der Waals surface area contributed by atoms with Crippen LogP contribution in [0, 0.1) is 5.92 Å². The molecule has 1 heterocycles. The summed E-state index contributed by atoms with van der Waals surface area (Å²) in [4.78, 5) is 24.5. The molecule has 30 heavy (non-hydrogen) atoms. The van der Waals surface area contributed by atoms with Crippen LogP contribution in [0.25, 0.3) is 0 Å². The van der Waals surface area contributed by atoms with Gasteiger partial charge in [0.1, 0.15) is 5.75 Å². The molecule has 12 heteroatoms. The second-order valence-corrected chi connectivity index (χ2v) is 8.97. The van der Waals surface area contributed by atoms with Crippen molar-refractivity contribution in [3.8, 4) is 5.75 Å². The molecule has 1 aliphatic rings. The molecule has 0 saturated carbocycles. The first-order chi connectivity index (χ1) is 13.9. The second kappa shape index (κ2) is 9.65. The molecule has 0 bridgehead atoms. The molecular formula is C18H23F3N2O6S. The molecule has 0 aliphatic carbocycles. The van der Waals surface area contributed by atoms with Crippen molar-refractivity contribution >= 4 is 27.6 Å². The largest absolute Gasteiger partial charge is 0.573 e. The highest BCUT2D eigenvalue weighted by Gasteiger charge is 2.33. The molecule has 1 amide bonds. The van der Waals surface area contributed by atoms with Crippen LogP contribution < -0.4 is 10.1 Å². The number of esters is 1. The maximum absolute atomic E-state index is 12.3. The van der Waals surface area contributed by atoms with Gasteiger partial charge in [0, 0.05) is 18.8 Å². The molecule has 8 nitrogen and oxygen atoms in total. The maximum Gasteiger partial charge on any atom is 0.573 e. The zero-order valence-electron chi connectivity index (χ0n) is 16.4. The molecule has 1 atom stereocenters. The van der Waals surface area contributed by atoms with E-state index in [0.29, 0.717) is 12.8 Å². The molecular weight excluding hydrogens is 429 g/mol. The van der Waals surface area contributed by atoms with E-state index >= 15 is 0 Å². The van der Waals surface area contributed by atoms with Gasteiger partial charge in [-0.05, 0) is 51.0 Å². The fourth-order valence-corrected chi connectivity index (χ4v) is 3.99. The highest BCUT2D eigenvalue weighted by Crippen LogP contribution is 2.24. The van der Waals surface area contributed by atoms with Gasteiger partial charge in [0.25, 0.3) is 5.91 Å². The Morgan fingerprint density at radius 3 is 2.27 bits per heavy atom. The summed E-state index contributed by atoms with van der Waals surface area (Å²) in [5, 5.41) is 2.43. The van der Waals surface area contributed by atoms with Gasteiger partial charge in [0.05, 0.1) is 11.7 Å². The Hall–Kier alpha value is -2.34. The van der Waals surface area contributed by atoms with Crippen LogP contribution in [-0.2, 0) is 24.3 Å². The number of carbonyl (C=O) groups is 2. The van der Waals surface area contributed by atoms with Gasteiger partial charge in [-0.1, -0.05) is 0 Å². The van der Waals surface area contributed by atoms with Crippen LogP contribution in [0.15, 0.2) is 24.3 Å². The van der Waals surface area contributed by atoms with Gasteiger partial charge >= 0.3 is 12.3 Å². The molecule has 2 rings (SSSR count). The zero-order chi connectivity index (χ0) is 22.5. The number of nitrogens with zero attached hydrogens (tertiary/aromatic N) is 1. The number of sulfonamides is 1. The molecule has 1 aliphatic heterocycles. The summed E-state index contributed by atoms with van der Waals surface area (Å²) in [6, 6.07) is 4.52. The van der Waals surface area contributed by atoms with Gasteiger partial charge in [0.15, 0.2) is 6.10 Å². The van der Waals surface area contributed by atoms with Crippen LogP contribution in [0.3, 0.4) is 0 Å². The van der Waals surface area contributed by atoms with Crippen LogP contribution in [0.5, 0.6) is 5.75 Å². The number of hydrogen-bond donors (Lipinski definition) is 1. The monoisotopic (exact) mass is 452 g/mol. The SMILES string of the molecule is CCS(=O)(=O)N1CCC(C(=O)OC(C)C(=O)Nc2ccc(OC(F)(F)F)cc2)CC1. The molecule has 1 N–H and O–H groups in total. The third-order valence-electron chi connectivity index (χ3n) is 4.56. The lowest BCUT2D eigenvalue weighted by molar-refractivity contribution is -0.274. The first-order valence-electron chi connectivity index (χ1n) is 9.26. The first-order valence-corrected chi connectivity index (χ1v) is 10.9. The summed E-state index contributed by atoms with van der Waals surface area (Å²) in [5.41, 5.74) is 0.204. The number of rotatable bonds is 7. The van der Waals surface area contributed by atoms with Gasteiger partial charge in [-0.25, -0.2) is 12.7 Å². The minimum atomic E-state index is -4.82. The van der Waals surface area contributed by atoms with Crippen molar-refractivity contribution in [1.82, 2.24) is 4.31 Å². The predicted octanol–water partition coefficient (Wildman–Crippen LogP) is 2.52. The molecule has 1 fully saturated rings. The van der Waals surface area contributed by atoms with Gasteiger partial charge in [-0.3, -0.25) is 9.59 Å². The van der Waals surface area contributed by atoms with E-state index in [2.05, 4.69) is 10.1 Å². The lowest BCUT2D eigenvalue weighted by Gasteiger charge is -2.30. The number of nitrogens with one attached hydrogen (secondary N) is 1. The van der Waals surface area contributed by atoms with Gasteiger partial charge in [-0.2, -0.15) is 0 Å². The van der Waals surface area contributed by atoms with Crippen molar-refractivity contribution < 1.29 is 40.7 Å². The second-order valence-electron chi connectivity index (χ2n) is 6.71. The maximum atomic E-state index is 12.3. The van der Waals surface area contributed by atoms with Gasteiger partial charge in [0.2, 0.25) is 10.0 Å². The Kier molecular flexibility index (Phi) is 7.70. The fraction of sp³-hybridized carbons (Fsp3) is 0.556. The van der Waals surface area contributed by atoms with Crippen molar-refractivity contribution in [2.75, 3.05) is 24.2 Å². The quantitative estimate of drug-likeness (QED) is 0.638. The summed E-state index contributed by atoms with van der Waals surface area (Å²) >= 11 is 0. The standard InChI is InChI=1S/C18H23F3N2O6S/c1-3-30(26,27)23-10-8-13(9-11-23)17(25)28-12(2)16(24)22-14-4-6-15(7-5-14)29-18(19,20)21/h4-7,12-13H,3,8-11H2,1-2H3,(H,22,24). The number of alkyl halides is 3. The van der Waals surface area contributed by atoms with E-state index in [0.717, 1.165) is 12.1 Å².